The quantitative estimate of drug-likeness (QED) is 0.371. The van der Waals surface area contributed by atoms with Crippen LogP contribution >= 0.6 is 0 Å². The average Bonchev–Trinajstić information content (AvgIpc) is 3.14. The van der Waals surface area contributed by atoms with Crippen LogP contribution in [0.1, 0.15) is 72.4 Å². The Morgan fingerprint density at radius 2 is 1.70 bits per heavy atom. The molecule has 3 aromatic rings. The van der Waals surface area contributed by atoms with Gasteiger partial charge < -0.3 is 14.6 Å². The van der Waals surface area contributed by atoms with Crippen LogP contribution in [0.3, 0.4) is 0 Å². The number of esters is 1. The molecule has 0 bridgehead atoms. The number of likely N-dealkylation sites (tertiary alicyclic amines) is 1. The molecule has 0 atom stereocenters. The maximum Gasteiger partial charge on any atom is 0.340 e. The van der Waals surface area contributed by atoms with Gasteiger partial charge in [0.25, 0.3) is 0 Å². The molecule has 1 saturated heterocycles. The summed E-state index contributed by atoms with van der Waals surface area (Å²) >= 11 is 0. The number of anilines is 1. The smallest absolute Gasteiger partial charge is 0.340 e. The normalized spacial score (nSPS) is 14.6. The van der Waals surface area contributed by atoms with E-state index in [4.69, 9.17) is 4.74 Å². The fourth-order valence-corrected chi connectivity index (χ4v) is 5.33. The minimum absolute atomic E-state index is 0.0393. The van der Waals surface area contributed by atoms with Crippen LogP contribution in [0.15, 0.2) is 54.6 Å². The van der Waals surface area contributed by atoms with Gasteiger partial charge in [-0.1, -0.05) is 44.2 Å². The molecule has 0 unspecified atom stereocenters. The third-order valence-electron chi connectivity index (χ3n) is 7.38. The highest BCUT2D eigenvalue weighted by atomic mass is 16.5. The number of piperidine rings is 1. The van der Waals surface area contributed by atoms with Gasteiger partial charge in [0, 0.05) is 40.8 Å². The minimum Gasteiger partial charge on any atom is -0.462 e. The van der Waals surface area contributed by atoms with Crippen molar-refractivity contribution in [2.45, 2.75) is 59.9 Å². The van der Waals surface area contributed by atoms with E-state index >= 15 is 0 Å². The lowest BCUT2D eigenvalue weighted by Crippen LogP contribution is -2.33. The van der Waals surface area contributed by atoms with Crippen LogP contribution in [0.2, 0.25) is 0 Å². The Bertz CT molecular complexity index is 1240. The lowest BCUT2D eigenvalue weighted by atomic mass is 9.89. The maximum absolute atomic E-state index is 13.0. The zero-order valence-electron chi connectivity index (χ0n) is 22.7. The number of hydrogen-bond acceptors (Lipinski definition) is 4. The largest absolute Gasteiger partial charge is 0.462 e. The van der Waals surface area contributed by atoms with Crippen LogP contribution in [-0.4, -0.2) is 41.0 Å². The Morgan fingerprint density at radius 3 is 2.35 bits per heavy atom. The molecule has 1 fully saturated rings. The zero-order valence-corrected chi connectivity index (χ0v) is 22.7. The third-order valence-corrected chi connectivity index (χ3v) is 7.38. The van der Waals surface area contributed by atoms with Gasteiger partial charge in [0.2, 0.25) is 5.91 Å². The van der Waals surface area contributed by atoms with Gasteiger partial charge in [0.05, 0.1) is 12.2 Å². The van der Waals surface area contributed by atoms with Gasteiger partial charge in [-0.25, -0.2) is 4.79 Å². The van der Waals surface area contributed by atoms with E-state index < -0.39 is 0 Å². The molecule has 1 N–H and O–H groups in total. The molecule has 6 nitrogen and oxygen atoms in total. The number of carbonyl (C=O) groups excluding carboxylic acids is 2. The molecular weight excluding hydrogens is 462 g/mol. The first-order chi connectivity index (χ1) is 17.8. The first kappa shape index (κ1) is 26.7. The summed E-state index contributed by atoms with van der Waals surface area (Å²) in [5.41, 5.74) is 6.95. The van der Waals surface area contributed by atoms with Crippen LogP contribution in [0.5, 0.6) is 0 Å². The van der Waals surface area contributed by atoms with Crippen molar-refractivity contribution in [3.8, 4) is 5.69 Å². The number of amides is 1. The Morgan fingerprint density at radius 1 is 1.00 bits per heavy atom. The van der Waals surface area contributed by atoms with Gasteiger partial charge in [-0.2, -0.15) is 0 Å². The number of benzene rings is 2. The van der Waals surface area contributed by atoms with E-state index in [-0.39, 0.29) is 17.8 Å². The molecule has 1 aliphatic heterocycles. The molecule has 1 aliphatic rings. The molecule has 37 heavy (non-hydrogen) atoms. The summed E-state index contributed by atoms with van der Waals surface area (Å²) < 4.78 is 7.64. The van der Waals surface area contributed by atoms with Crippen molar-refractivity contribution in [2.24, 2.45) is 5.92 Å². The van der Waals surface area contributed by atoms with Gasteiger partial charge in [-0.3, -0.25) is 9.69 Å². The number of ether oxygens (including phenoxy) is 1. The third kappa shape index (κ3) is 5.96. The predicted molar refractivity (Wildman–Crippen MR) is 148 cm³/mol. The van der Waals surface area contributed by atoms with Gasteiger partial charge in [0.15, 0.2) is 0 Å². The second-order valence-corrected chi connectivity index (χ2v) is 10.2. The molecule has 1 amide bonds. The van der Waals surface area contributed by atoms with E-state index in [1.54, 1.807) is 0 Å². The average molecular weight is 502 g/mol. The van der Waals surface area contributed by atoms with Crippen molar-refractivity contribution in [1.82, 2.24) is 9.47 Å². The molecule has 6 heteroatoms. The molecule has 0 saturated carbocycles. The summed E-state index contributed by atoms with van der Waals surface area (Å²) in [5, 5.41) is 3.02. The van der Waals surface area contributed by atoms with E-state index in [1.165, 1.54) is 5.56 Å². The van der Waals surface area contributed by atoms with Crippen molar-refractivity contribution in [3.63, 3.8) is 0 Å². The number of aromatic nitrogens is 1. The number of nitrogens with one attached hydrogen (secondary N) is 1. The van der Waals surface area contributed by atoms with E-state index in [2.05, 4.69) is 46.0 Å². The van der Waals surface area contributed by atoms with Crippen molar-refractivity contribution in [3.05, 3.63) is 82.7 Å². The summed E-state index contributed by atoms with van der Waals surface area (Å²) in [6.07, 6.45) is 2.07. The van der Waals surface area contributed by atoms with Gasteiger partial charge >= 0.3 is 5.97 Å². The molecule has 0 radical (unpaired) electrons. The summed E-state index contributed by atoms with van der Waals surface area (Å²) in [4.78, 5) is 27.6. The fourth-order valence-electron chi connectivity index (χ4n) is 5.33. The summed E-state index contributed by atoms with van der Waals surface area (Å²) in [7, 11) is 0. The van der Waals surface area contributed by atoms with Crippen molar-refractivity contribution >= 4 is 17.6 Å². The Labute approximate surface area is 220 Å². The van der Waals surface area contributed by atoms with E-state index in [9.17, 15) is 9.59 Å². The molecule has 196 valence electrons. The second-order valence-electron chi connectivity index (χ2n) is 10.2. The highest BCUT2D eigenvalue weighted by Gasteiger charge is 2.28. The molecule has 1 aromatic heterocycles. The maximum atomic E-state index is 13.0. The van der Waals surface area contributed by atoms with E-state index in [0.29, 0.717) is 18.1 Å². The van der Waals surface area contributed by atoms with E-state index in [0.717, 1.165) is 60.8 Å². The molecule has 2 aromatic carbocycles. The lowest BCUT2D eigenvalue weighted by Gasteiger charge is -2.32. The highest BCUT2D eigenvalue weighted by Crippen LogP contribution is 2.33. The topological polar surface area (TPSA) is 63.6 Å². The molecule has 0 aliphatic carbocycles. The SMILES string of the molecule is CCOC(=O)c1c(CN2CCC(c3cccc(NC(=O)C(C)C)c3)CC2)c(C)n(-c2ccccc2)c1C. The van der Waals surface area contributed by atoms with Gasteiger partial charge in [-0.15, -0.1) is 0 Å². The number of hydrogen-bond donors (Lipinski definition) is 1. The van der Waals surface area contributed by atoms with Crippen LogP contribution < -0.4 is 5.32 Å². The number of para-hydroxylation sites is 1. The molecule has 4 rings (SSSR count). The van der Waals surface area contributed by atoms with Crippen LogP contribution in [0.25, 0.3) is 5.69 Å². The second kappa shape index (κ2) is 11.8. The summed E-state index contributed by atoms with van der Waals surface area (Å²) in [6.45, 7) is 12.7. The van der Waals surface area contributed by atoms with Crippen molar-refractivity contribution in [1.29, 1.82) is 0 Å². The zero-order chi connectivity index (χ0) is 26.5. The Hall–Kier alpha value is -3.38. The Balaban J connectivity index is 1.51. The lowest BCUT2D eigenvalue weighted by molar-refractivity contribution is -0.118. The molecule has 2 heterocycles. The summed E-state index contributed by atoms with van der Waals surface area (Å²) in [5.74, 6) is 0.198. The molecular formula is C31H39N3O3. The van der Waals surface area contributed by atoms with Gasteiger partial charge in [0.1, 0.15) is 0 Å². The standard InChI is InChI=1S/C31H39N3O3/c1-6-37-31(36)29-23(5)34(27-13-8-7-9-14-27)22(4)28(29)20-33-17-15-24(16-18-33)25-11-10-12-26(19-25)32-30(35)21(2)3/h7-14,19,21,24H,6,15-18,20H2,1-5H3,(H,32,35). The predicted octanol–water partition coefficient (Wildman–Crippen LogP) is 6.24. The molecule has 0 spiro atoms. The van der Waals surface area contributed by atoms with Crippen molar-refractivity contribution in [2.75, 3.05) is 25.0 Å². The monoisotopic (exact) mass is 501 g/mol. The van der Waals surface area contributed by atoms with Crippen molar-refractivity contribution < 1.29 is 14.3 Å². The first-order valence-corrected chi connectivity index (χ1v) is 13.4. The van der Waals surface area contributed by atoms with E-state index in [1.807, 2.05) is 58.0 Å². The Kier molecular flexibility index (Phi) is 8.49. The minimum atomic E-state index is -0.247. The first-order valence-electron chi connectivity index (χ1n) is 13.4. The number of carbonyl (C=O) groups is 2. The van der Waals surface area contributed by atoms with Crippen LogP contribution in [0, 0.1) is 19.8 Å². The van der Waals surface area contributed by atoms with Crippen LogP contribution in [0.4, 0.5) is 5.69 Å². The fraction of sp³-hybridized carbons (Fsp3) is 0.419. The number of nitrogens with zero attached hydrogens (tertiary/aromatic N) is 2. The highest BCUT2D eigenvalue weighted by molar-refractivity contribution is 5.93. The number of rotatable bonds is 8. The summed E-state index contributed by atoms with van der Waals surface area (Å²) in [6, 6.07) is 18.5. The van der Waals surface area contributed by atoms with Gasteiger partial charge in [-0.05, 0) is 82.4 Å². The van der Waals surface area contributed by atoms with Crippen LogP contribution in [-0.2, 0) is 16.1 Å².